The molecule has 0 radical (unpaired) electrons. The zero-order chi connectivity index (χ0) is 12.3. The fraction of sp³-hybridized carbons (Fsp3) is 0.538. The Balaban J connectivity index is 2.31. The maximum atomic E-state index is 9.98. The average molecular weight is 300 g/mol. The van der Waals surface area contributed by atoms with Crippen LogP contribution in [0, 0.1) is 0 Å². The molecule has 1 aromatic carbocycles. The zero-order valence-electron chi connectivity index (χ0n) is 9.79. The van der Waals surface area contributed by atoms with E-state index in [2.05, 4.69) is 15.9 Å². The molecule has 0 bridgehead atoms. The van der Waals surface area contributed by atoms with Gasteiger partial charge in [-0.25, -0.2) is 0 Å². The van der Waals surface area contributed by atoms with E-state index in [9.17, 15) is 5.11 Å². The van der Waals surface area contributed by atoms with Gasteiger partial charge in [0.05, 0.1) is 17.2 Å². The van der Waals surface area contributed by atoms with Gasteiger partial charge in [0, 0.05) is 0 Å². The van der Waals surface area contributed by atoms with Crippen LogP contribution in [0.2, 0.25) is 0 Å². The highest BCUT2D eigenvalue weighted by molar-refractivity contribution is 9.10. The number of hydrogen-bond donors (Lipinski definition) is 2. The predicted octanol–water partition coefficient (Wildman–Crippen LogP) is 2.55. The van der Waals surface area contributed by atoms with E-state index in [1.165, 1.54) is 5.56 Å². The lowest BCUT2D eigenvalue weighted by Gasteiger charge is -2.15. The highest BCUT2D eigenvalue weighted by Gasteiger charge is 2.16. The molecule has 94 valence electrons. The lowest BCUT2D eigenvalue weighted by molar-refractivity contribution is 0.170. The summed E-state index contributed by atoms with van der Waals surface area (Å²) in [5.41, 5.74) is 7.58. The summed E-state index contributed by atoms with van der Waals surface area (Å²) in [5.74, 6) is 0.936. The first-order valence-corrected chi connectivity index (χ1v) is 6.85. The van der Waals surface area contributed by atoms with Gasteiger partial charge in [-0.2, -0.15) is 0 Å². The molecule has 3 N–H and O–H groups in total. The van der Waals surface area contributed by atoms with Gasteiger partial charge >= 0.3 is 0 Å². The van der Waals surface area contributed by atoms with Crippen LogP contribution in [0.15, 0.2) is 16.6 Å². The van der Waals surface area contributed by atoms with Gasteiger partial charge in [0.15, 0.2) is 0 Å². The van der Waals surface area contributed by atoms with Crippen molar-refractivity contribution < 1.29 is 9.84 Å². The van der Waals surface area contributed by atoms with Crippen LogP contribution in [0.4, 0.5) is 0 Å². The average Bonchev–Trinajstić information content (AvgIpc) is 2.54. The lowest BCUT2D eigenvalue weighted by Crippen LogP contribution is -2.07. The molecule has 1 unspecified atom stereocenters. The molecule has 4 heteroatoms. The Morgan fingerprint density at radius 1 is 1.41 bits per heavy atom. The van der Waals surface area contributed by atoms with E-state index >= 15 is 0 Å². The number of halogens is 1. The lowest BCUT2D eigenvalue weighted by atomic mass is 10.0. The smallest absolute Gasteiger partial charge is 0.136 e. The number of benzene rings is 1. The van der Waals surface area contributed by atoms with E-state index in [0.29, 0.717) is 13.0 Å². The molecule has 1 aromatic rings. The van der Waals surface area contributed by atoms with Gasteiger partial charge in [-0.15, -0.1) is 0 Å². The Morgan fingerprint density at radius 2 is 2.24 bits per heavy atom. The molecule has 1 heterocycles. The standard InChI is InChI=1S/C13H18BrNO2/c14-11-8-10(12(16)4-5-15)7-9-3-1-2-6-17-13(9)11/h7-8,12,16H,1-6,15H2. The third kappa shape index (κ3) is 3.00. The summed E-state index contributed by atoms with van der Waals surface area (Å²) < 4.78 is 6.65. The molecule has 0 aromatic heterocycles. The van der Waals surface area contributed by atoms with Crippen molar-refractivity contribution in [2.75, 3.05) is 13.2 Å². The molecular formula is C13H18BrNO2. The van der Waals surface area contributed by atoms with Gasteiger partial charge in [-0.05, 0) is 71.4 Å². The Hall–Kier alpha value is -0.580. The summed E-state index contributed by atoms with van der Waals surface area (Å²) in [5, 5.41) is 9.98. The molecule has 3 nitrogen and oxygen atoms in total. The molecule has 0 saturated carbocycles. The summed E-state index contributed by atoms with van der Waals surface area (Å²) in [6, 6.07) is 3.98. The van der Waals surface area contributed by atoms with Crippen LogP contribution < -0.4 is 10.5 Å². The molecule has 1 atom stereocenters. The first kappa shape index (κ1) is 12.9. The molecule has 17 heavy (non-hydrogen) atoms. The zero-order valence-corrected chi connectivity index (χ0v) is 11.4. The van der Waals surface area contributed by atoms with Gasteiger partial charge in [0.1, 0.15) is 5.75 Å². The largest absolute Gasteiger partial charge is 0.492 e. The second-order valence-corrected chi connectivity index (χ2v) is 5.24. The molecule has 2 rings (SSSR count). The van der Waals surface area contributed by atoms with Crippen molar-refractivity contribution in [3.63, 3.8) is 0 Å². The third-order valence-corrected chi connectivity index (χ3v) is 3.64. The summed E-state index contributed by atoms with van der Waals surface area (Å²) in [6.45, 7) is 1.27. The van der Waals surface area contributed by atoms with Crippen molar-refractivity contribution in [2.45, 2.75) is 31.8 Å². The fourth-order valence-electron chi connectivity index (χ4n) is 2.13. The minimum absolute atomic E-state index is 0.482. The third-order valence-electron chi connectivity index (χ3n) is 3.05. The van der Waals surface area contributed by atoms with Gasteiger partial charge in [-0.1, -0.05) is 0 Å². The van der Waals surface area contributed by atoms with Gasteiger partial charge in [0.2, 0.25) is 0 Å². The Labute approximate surface area is 110 Å². The van der Waals surface area contributed by atoms with E-state index < -0.39 is 6.10 Å². The van der Waals surface area contributed by atoms with Crippen molar-refractivity contribution in [2.24, 2.45) is 5.73 Å². The number of rotatable bonds is 3. The van der Waals surface area contributed by atoms with Crippen molar-refractivity contribution >= 4 is 15.9 Å². The second-order valence-electron chi connectivity index (χ2n) is 4.39. The molecule has 0 saturated heterocycles. The molecule has 0 amide bonds. The number of nitrogens with two attached hydrogens (primary N) is 1. The maximum absolute atomic E-state index is 9.98. The predicted molar refractivity (Wildman–Crippen MR) is 71.2 cm³/mol. The summed E-state index contributed by atoms with van der Waals surface area (Å²) >= 11 is 3.52. The maximum Gasteiger partial charge on any atom is 0.136 e. The molecule has 1 aliphatic rings. The molecule has 0 spiro atoms. The van der Waals surface area contributed by atoms with E-state index in [1.807, 2.05) is 12.1 Å². The van der Waals surface area contributed by atoms with Crippen LogP contribution in [0.1, 0.15) is 36.5 Å². The summed E-state index contributed by atoms with van der Waals surface area (Å²) in [6.07, 6.45) is 3.34. The van der Waals surface area contributed by atoms with E-state index in [0.717, 1.165) is 41.7 Å². The number of aryl methyl sites for hydroxylation is 1. The number of fused-ring (bicyclic) bond motifs is 1. The van der Waals surface area contributed by atoms with Gasteiger partial charge in [0.25, 0.3) is 0 Å². The molecule has 0 aliphatic carbocycles. The Morgan fingerprint density at radius 3 is 3.00 bits per heavy atom. The molecule has 0 fully saturated rings. The number of hydrogen-bond acceptors (Lipinski definition) is 3. The van der Waals surface area contributed by atoms with Crippen molar-refractivity contribution in [1.29, 1.82) is 0 Å². The van der Waals surface area contributed by atoms with Crippen LogP contribution in [-0.2, 0) is 6.42 Å². The number of aliphatic hydroxyl groups excluding tert-OH is 1. The SMILES string of the molecule is NCCC(O)c1cc(Br)c2c(c1)CCCCO2. The Kier molecular flexibility index (Phi) is 4.42. The summed E-state index contributed by atoms with van der Waals surface area (Å²) in [7, 11) is 0. The van der Waals surface area contributed by atoms with E-state index in [-0.39, 0.29) is 0 Å². The first-order valence-electron chi connectivity index (χ1n) is 6.05. The van der Waals surface area contributed by atoms with E-state index in [4.69, 9.17) is 10.5 Å². The van der Waals surface area contributed by atoms with Crippen molar-refractivity contribution in [3.8, 4) is 5.75 Å². The Bertz CT molecular complexity index is 395. The van der Waals surface area contributed by atoms with Crippen LogP contribution in [0.5, 0.6) is 5.75 Å². The van der Waals surface area contributed by atoms with Crippen LogP contribution in [0.25, 0.3) is 0 Å². The van der Waals surface area contributed by atoms with Crippen molar-refractivity contribution in [3.05, 3.63) is 27.7 Å². The monoisotopic (exact) mass is 299 g/mol. The van der Waals surface area contributed by atoms with Crippen LogP contribution in [0.3, 0.4) is 0 Å². The fourth-order valence-corrected chi connectivity index (χ4v) is 2.76. The van der Waals surface area contributed by atoms with E-state index in [1.54, 1.807) is 0 Å². The highest BCUT2D eigenvalue weighted by atomic mass is 79.9. The van der Waals surface area contributed by atoms with Crippen LogP contribution in [-0.4, -0.2) is 18.3 Å². The minimum Gasteiger partial charge on any atom is -0.492 e. The summed E-state index contributed by atoms with van der Waals surface area (Å²) in [4.78, 5) is 0. The normalized spacial score (nSPS) is 16.9. The topological polar surface area (TPSA) is 55.5 Å². The quantitative estimate of drug-likeness (QED) is 0.902. The number of aliphatic hydroxyl groups is 1. The van der Waals surface area contributed by atoms with Gasteiger partial charge in [-0.3, -0.25) is 0 Å². The molecular weight excluding hydrogens is 282 g/mol. The highest BCUT2D eigenvalue weighted by Crippen LogP contribution is 2.35. The van der Waals surface area contributed by atoms with Crippen molar-refractivity contribution in [1.82, 2.24) is 0 Å². The molecule has 1 aliphatic heterocycles. The van der Waals surface area contributed by atoms with Crippen LogP contribution >= 0.6 is 15.9 Å². The number of ether oxygens (including phenoxy) is 1. The second kappa shape index (κ2) is 5.85. The minimum atomic E-state index is -0.482. The van der Waals surface area contributed by atoms with Gasteiger partial charge < -0.3 is 15.6 Å². The first-order chi connectivity index (χ1) is 8.22.